The Balaban J connectivity index is 0.000000845. The molecule has 1 aromatic carbocycles. The average Bonchev–Trinajstić information content (AvgIpc) is 2.53. The predicted octanol–water partition coefficient (Wildman–Crippen LogP) is 0.810. The SMILES string of the molecule is Clc1ns[s+]c1-c1ccccc1.[Cl-]. The summed E-state index contributed by atoms with van der Waals surface area (Å²) in [6.45, 7) is 0. The molecule has 0 fully saturated rings. The van der Waals surface area contributed by atoms with Gasteiger partial charge in [0.05, 0.1) is 0 Å². The molecule has 0 saturated heterocycles. The largest absolute Gasteiger partial charge is 1.00 e. The molecule has 0 aliphatic carbocycles. The Morgan fingerprint density at radius 3 is 2.46 bits per heavy atom. The highest BCUT2D eigenvalue weighted by Gasteiger charge is 2.18. The molecule has 0 amide bonds. The normalized spacial score (nSPS) is 9.31. The maximum absolute atomic E-state index is 5.88. The van der Waals surface area contributed by atoms with Crippen LogP contribution in [0, 0.1) is 0 Å². The Morgan fingerprint density at radius 2 is 1.92 bits per heavy atom. The first-order valence-electron chi connectivity index (χ1n) is 3.38. The second-order valence-corrected chi connectivity index (χ2v) is 4.45. The molecule has 1 heterocycles. The smallest absolute Gasteiger partial charge is 0.325 e. The van der Waals surface area contributed by atoms with Crippen molar-refractivity contribution in [2.24, 2.45) is 0 Å². The maximum atomic E-state index is 5.88. The van der Waals surface area contributed by atoms with Crippen LogP contribution in [0.15, 0.2) is 30.3 Å². The lowest BCUT2D eigenvalue weighted by Crippen LogP contribution is -3.00. The number of nitrogens with zero attached hydrogens (tertiary/aromatic N) is 1. The quantitative estimate of drug-likeness (QED) is 0.539. The molecule has 68 valence electrons. The first-order chi connectivity index (χ1) is 5.88. The molecule has 0 saturated carbocycles. The highest BCUT2D eigenvalue weighted by molar-refractivity contribution is 7.68. The number of halogens is 2. The van der Waals surface area contributed by atoms with E-state index in [1.807, 2.05) is 30.3 Å². The van der Waals surface area contributed by atoms with Crippen LogP contribution in [0.4, 0.5) is 0 Å². The van der Waals surface area contributed by atoms with Crippen LogP contribution in [-0.2, 0) is 0 Å². The Labute approximate surface area is 95.0 Å². The van der Waals surface area contributed by atoms with Gasteiger partial charge in [-0.25, -0.2) is 0 Å². The van der Waals surface area contributed by atoms with Crippen LogP contribution in [0.25, 0.3) is 10.4 Å². The summed E-state index contributed by atoms with van der Waals surface area (Å²) < 4.78 is 4.02. The molecule has 0 aliphatic rings. The fourth-order valence-corrected chi connectivity index (χ4v) is 3.27. The van der Waals surface area contributed by atoms with Crippen LogP contribution in [0.1, 0.15) is 0 Å². The number of rotatable bonds is 1. The minimum atomic E-state index is 0. The molecular formula is C8H5Cl2NS2. The molecular weight excluding hydrogens is 245 g/mol. The van der Waals surface area contributed by atoms with Crippen molar-refractivity contribution in [3.8, 4) is 10.4 Å². The zero-order valence-corrected chi connectivity index (χ0v) is 9.55. The number of aromatic nitrogens is 1. The molecule has 0 N–H and O–H groups in total. The van der Waals surface area contributed by atoms with Crippen LogP contribution >= 0.6 is 32.5 Å². The van der Waals surface area contributed by atoms with Gasteiger partial charge < -0.3 is 12.4 Å². The summed E-state index contributed by atoms with van der Waals surface area (Å²) in [5.41, 5.74) is 1.14. The van der Waals surface area contributed by atoms with Crippen molar-refractivity contribution in [2.45, 2.75) is 0 Å². The van der Waals surface area contributed by atoms with Crippen molar-refractivity contribution in [3.05, 3.63) is 35.5 Å². The maximum Gasteiger partial charge on any atom is 0.325 e. The molecule has 2 aromatic rings. The van der Waals surface area contributed by atoms with E-state index in [0.717, 1.165) is 10.4 Å². The van der Waals surface area contributed by atoms with Gasteiger partial charge in [-0.3, -0.25) is 0 Å². The molecule has 1 aromatic heterocycles. The molecule has 2 rings (SSSR count). The average molecular weight is 250 g/mol. The van der Waals surface area contributed by atoms with Crippen molar-refractivity contribution < 1.29 is 12.4 Å². The molecule has 0 aliphatic heterocycles. The summed E-state index contributed by atoms with van der Waals surface area (Å²) in [7, 11) is 3.02. The summed E-state index contributed by atoms with van der Waals surface area (Å²) in [4.78, 5) is 1.06. The zero-order chi connectivity index (χ0) is 8.39. The number of hydrogen-bond acceptors (Lipinski definition) is 2. The summed E-state index contributed by atoms with van der Waals surface area (Å²) in [6.07, 6.45) is 0. The van der Waals surface area contributed by atoms with Gasteiger partial charge in [0.25, 0.3) is 15.4 Å². The summed E-state index contributed by atoms with van der Waals surface area (Å²) in [5.74, 6) is 0. The van der Waals surface area contributed by atoms with E-state index in [1.54, 1.807) is 10.3 Å². The van der Waals surface area contributed by atoms with E-state index in [0.29, 0.717) is 5.15 Å². The molecule has 13 heavy (non-hydrogen) atoms. The summed E-state index contributed by atoms with van der Waals surface area (Å²) in [6, 6.07) is 10.0. The molecule has 0 spiro atoms. The highest BCUT2D eigenvalue weighted by atomic mass is 35.5. The third-order valence-corrected chi connectivity index (χ3v) is 3.82. The number of benzene rings is 1. The van der Waals surface area contributed by atoms with E-state index in [2.05, 4.69) is 4.37 Å². The monoisotopic (exact) mass is 249 g/mol. The molecule has 5 heteroatoms. The molecule has 0 atom stereocenters. The minimum Gasteiger partial charge on any atom is -1.00 e. The fourth-order valence-electron chi connectivity index (χ4n) is 0.921. The fraction of sp³-hybridized carbons (Fsp3) is 0. The van der Waals surface area contributed by atoms with Crippen molar-refractivity contribution >= 4 is 32.5 Å². The third kappa shape index (κ3) is 2.38. The Kier molecular flexibility index (Phi) is 4.06. The van der Waals surface area contributed by atoms with E-state index in [4.69, 9.17) is 11.6 Å². The van der Waals surface area contributed by atoms with E-state index >= 15 is 0 Å². The molecule has 0 unspecified atom stereocenters. The van der Waals surface area contributed by atoms with Gasteiger partial charge in [0, 0.05) is 5.56 Å². The van der Waals surface area contributed by atoms with Gasteiger partial charge in [-0.05, 0) is 12.1 Å². The van der Waals surface area contributed by atoms with Crippen LogP contribution in [-0.4, -0.2) is 4.37 Å². The standard InChI is InChI=1S/C8H5ClNS2.ClH/c9-8-7(11-12-10-8)6-4-2-1-3-5-6;/h1-5H;1H/q+1;/p-1. The van der Waals surface area contributed by atoms with Gasteiger partial charge in [-0.15, -0.1) is 4.37 Å². The minimum absolute atomic E-state index is 0. The van der Waals surface area contributed by atoms with Crippen LogP contribution in [0.2, 0.25) is 5.15 Å². The lowest BCUT2D eigenvalue weighted by molar-refractivity contribution is -0.00000218. The van der Waals surface area contributed by atoms with Crippen LogP contribution in [0.5, 0.6) is 0 Å². The van der Waals surface area contributed by atoms with Gasteiger partial charge >= 0.3 is 10.3 Å². The first-order valence-corrected chi connectivity index (χ1v) is 5.86. The second kappa shape index (κ2) is 4.86. The van der Waals surface area contributed by atoms with Gasteiger partial charge in [-0.2, -0.15) is 0 Å². The van der Waals surface area contributed by atoms with Crippen molar-refractivity contribution in [3.63, 3.8) is 0 Å². The van der Waals surface area contributed by atoms with Gasteiger partial charge in [0.15, 0.2) is 0 Å². The van der Waals surface area contributed by atoms with Gasteiger partial charge in [-0.1, -0.05) is 29.8 Å². The van der Waals surface area contributed by atoms with E-state index in [9.17, 15) is 0 Å². The molecule has 0 radical (unpaired) electrons. The third-order valence-electron chi connectivity index (χ3n) is 1.46. The van der Waals surface area contributed by atoms with Crippen molar-refractivity contribution in [1.29, 1.82) is 0 Å². The van der Waals surface area contributed by atoms with E-state index in [1.165, 1.54) is 10.5 Å². The first kappa shape index (κ1) is 10.9. The molecule has 0 bridgehead atoms. The van der Waals surface area contributed by atoms with E-state index < -0.39 is 0 Å². The molecule has 1 nitrogen and oxygen atoms in total. The Morgan fingerprint density at radius 1 is 1.23 bits per heavy atom. The van der Waals surface area contributed by atoms with Crippen molar-refractivity contribution in [2.75, 3.05) is 0 Å². The topological polar surface area (TPSA) is 12.9 Å². The van der Waals surface area contributed by atoms with Gasteiger partial charge in [0.1, 0.15) is 0 Å². The highest BCUT2D eigenvalue weighted by Crippen LogP contribution is 2.33. The second-order valence-electron chi connectivity index (χ2n) is 2.24. The lowest BCUT2D eigenvalue weighted by Gasteiger charge is -1.86. The van der Waals surface area contributed by atoms with Crippen LogP contribution < -0.4 is 12.4 Å². The summed E-state index contributed by atoms with van der Waals surface area (Å²) >= 11 is 5.88. The predicted molar refractivity (Wildman–Crippen MR) is 54.8 cm³/mol. The van der Waals surface area contributed by atoms with Gasteiger partial charge in [0.2, 0.25) is 5.15 Å². The van der Waals surface area contributed by atoms with Crippen molar-refractivity contribution in [1.82, 2.24) is 4.37 Å². The Hall–Kier alpha value is -0.220. The lowest BCUT2D eigenvalue weighted by atomic mass is 10.2. The Bertz CT molecular complexity index is 375. The van der Waals surface area contributed by atoms with E-state index in [-0.39, 0.29) is 12.4 Å². The number of hydrogen-bond donors (Lipinski definition) is 0. The zero-order valence-electron chi connectivity index (χ0n) is 6.41. The van der Waals surface area contributed by atoms with Crippen LogP contribution in [0.3, 0.4) is 0 Å². The summed E-state index contributed by atoms with van der Waals surface area (Å²) in [5, 5.41) is 0.608.